The van der Waals surface area contributed by atoms with Crippen LogP contribution in [0.4, 0.5) is 11.6 Å². The minimum Gasteiger partial charge on any atom is -0.370 e. The van der Waals surface area contributed by atoms with Crippen LogP contribution in [0.2, 0.25) is 0 Å². The zero-order valence-electron chi connectivity index (χ0n) is 13.9. The lowest BCUT2D eigenvalue weighted by atomic mass is 9.88. The fourth-order valence-electron chi connectivity index (χ4n) is 1.84. The molecule has 0 aromatic carbocycles. The van der Waals surface area contributed by atoms with Crippen molar-refractivity contribution in [2.75, 3.05) is 17.2 Å². The zero-order chi connectivity index (χ0) is 15.2. The van der Waals surface area contributed by atoms with E-state index in [0.717, 1.165) is 37.4 Å². The van der Waals surface area contributed by atoms with Crippen LogP contribution in [0.3, 0.4) is 0 Å². The molecule has 114 valence electrons. The van der Waals surface area contributed by atoms with E-state index in [1.165, 1.54) is 5.56 Å². The highest BCUT2D eigenvalue weighted by atomic mass is 15.1. The lowest BCUT2D eigenvalue weighted by molar-refractivity contribution is 0.358. The molecule has 0 amide bonds. The van der Waals surface area contributed by atoms with E-state index in [-0.39, 0.29) is 5.41 Å². The van der Waals surface area contributed by atoms with Crippen LogP contribution in [-0.4, -0.2) is 22.6 Å². The molecule has 0 aliphatic heterocycles. The highest BCUT2D eigenvalue weighted by Crippen LogP contribution is 2.26. The Balaban J connectivity index is 2.99. The highest BCUT2D eigenvalue weighted by molar-refractivity contribution is 5.57. The van der Waals surface area contributed by atoms with Gasteiger partial charge in [0, 0.05) is 18.2 Å². The largest absolute Gasteiger partial charge is 0.370 e. The van der Waals surface area contributed by atoms with E-state index >= 15 is 0 Å². The van der Waals surface area contributed by atoms with Gasteiger partial charge >= 0.3 is 0 Å². The number of nitrogens with one attached hydrogen (secondary N) is 2. The van der Waals surface area contributed by atoms with Gasteiger partial charge in [-0.1, -0.05) is 41.0 Å². The molecule has 1 heterocycles. The van der Waals surface area contributed by atoms with Crippen molar-refractivity contribution in [3.8, 4) is 0 Å². The van der Waals surface area contributed by atoms with Gasteiger partial charge in [0.15, 0.2) is 0 Å². The summed E-state index contributed by atoms with van der Waals surface area (Å²) in [7, 11) is 0. The third kappa shape index (κ3) is 4.66. The summed E-state index contributed by atoms with van der Waals surface area (Å²) in [6.45, 7) is 14.2. The average Bonchev–Trinajstić information content (AvgIpc) is 2.38. The van der Waals surface area contributed by atoms with E-state index in [1.54, 1.807) is 6.33 Å². The molecule has 4 nitrogen and oxygen atoms in total. The monoisotopic (exact) mass is 278 g/mol. The first-order valence-electron chi connectivity index (χ1n) is 7.74. The smallest absolute Gasteiger partial charge is 0.134 e. The van der Waals surface area contributed by atoms with Crippen LogP contribution in [0.5, 0.6) is 0 Å². The van der Waals surface area contributed by atoms with Gasteiger partial charge in [-0.25, -0.2) is 9.97 Å². The van der Waals surface area contributed by atoms with Crippen LogP contribution in [0.25, 0.3) is 0 Å². The Kier molecular flexibility index (Phi) is 6.24. The van der Waals surface area contributed by atoms with Crippen LogP contribution in [0, 0.1) is 5.41 Å². The Morgan fingerprint density at radius 3 is 2.30 bits per heavy atom. The van der Waals surface area contributed by atoms with E-state index in [4.69, 9.17) is 0 Å². The van der Waals surface area contributed by atoms with Crippen molar-refractivity contribution < 1.29 is 0 Å². The number of aromatic nitrogens is 2. The molecule has 0 saturated heterocycles. The minimum atomic E-state index is 0.200. The van der Waals surface area contributed by atoms with Crippen molar-refractivity contribution in [2.45, 2.75) is 66.8 Å². The van der Waals surface area contributed by atoms with Gasteiger partial charge in [0.2, 0.25) is 0 Å². The Morgan fingerprint density at radius 2 is 1.75 bits per heavy atom. The molecule has 0 aliphatic rings. The fraction of sp³-hybridized carbons (Fsp3) is 0.750. The lowest BCUT2D eigenvalue weighted by Crippen LogP contribution is -2.31. The second kappa shape index (κ2) is 7.46. The van der Waals surface area contributed by atoms with Crippen molar-refractivity contribution in [3.63, 3.8) is 0 Å². The van der Waals surface area contributed by atoms with Gasteiger partial charge < -0.3 is 10.6 Å². The van der Waals surface area contributed by atoms with Crippen molar-refractivity contribution in [2.24, 2.45) is 5.41 Å². The lowest BCUT2D eigenvalue weighted by Gasteiger charge is -2.29. The van der Waals surface area contributed by atoms with E-state index in [1.807, 2.05) is 0 Å². The van der Waals surface area contributed by atoms with E-state index in [9.17, 15) is 0 Å². The molecule has 2 N–H and O–H groups in total. The molecule has 0 spiro atoms. The number of anilines is 2. The Labute approximate surface area is 123 Å². The molecule has 1 unspecified atom stereocenters. The Bertz CT molecular complexity index is 409. The molecule has 0 aliphatic carbocycles. The normalized spacial score (nSPS) is 13.1. The summed E-state index contributed by atoms with van der Waals surface area (Å²) in [6, 6.07) is 0.354. The zero-order valence-corrected chi connectivity index (χ0v) is 13.9. The quantitative estimate of drug-likeness (QED) is 0.788. The number of hydrogen-bond donors (Lipinski definition) is 2. The maximum absolute atomic E-state index is 4.46. The van der Waals surface area contributed by atoms with E-state index in [2.05, 4.69) is 62.1 Å². The molecule has 1 aromatic heterocycles. The first-order valence-corrected chi connectivity index (χ1v) is 7.74. The molecule has 20 heavy (non-hydrogen) atoms. The third-order valence-corrected chi connectivity index (χ3v) is 3.64. The summed E-state index contributed by atoms with van der Waals surface area (Å²) in [5.41, 5.74) is 1.41. The van der Waals surface area contributed by atoms with E-state index < -0.39 is 0 Å². The number of nitrogens with zero attached hydrogens (tertiary/aromatic N) is 2. The fourth-order valence-corrected chi connectivity index (χ4v) is 1.84. The molecule has 0 saturated carbocycles. The van der Waals surface area contributed by atoms with Crippen LogP contribution >= 0.6 is 0 Å². The van der Waals surface area contributed by atoms with Crippen molar-refractivity contribution in [1.82, 2.24) is 9.97 Å². The van der Waals surface area contributed by atoms with Gasteiger partial charge in [-0.15, -0.1) is 0 Å². The molecule has 1 aromatic rings. The maximum Gasteiger partial charge on any atom is 0.134 e. The molecule has 1 rings (SSSR count). The van der Waals surface area contributed by atoms with Crippen LogP contribution < -0.4 is 10.6 Å². The summed E-state index contributed by atoms with van der Waals surface area (Å²) >= 11 is 0. The van der Waals surface area contributed by atoms with Crippen molar-refractivity contribution >= 4 is 11.6 Å². The highest BCUT2D eigenvalue weighted by Gasteiger charge is 2.21. The predicted octanol–water partition coefficient (Wildman–Crippen LogP) is 4.10. The maximum atomic E-state index is 4.46. The summed E-state index contributed by atoms with van der Waals surface area (Å²) < 4.78 is 0. The summed E-state index contributed by atoms with van der Waals surface area (Å²) in [5.74, 6) is 1.95. The van der Waals surface area contributed by atoms with Crippen LogP contribution in [0.1, 0.15) is 59.9 Å². The number of rotatable bonds is 7. The Hall–Kier alpha value is -1.32. The third-order valence-electron chi connectivity index (χ3n) is 3.64. The molecule has 4 heteroatoms. The standard InChI is InChI=1S/C16H30N4/c1-7-9-13-14(17-10-8-2)18-11-19-15(13)20-12(3)16(4,5)6/h11-12H,7-10H2,1-6H3,(H2,17,18,19,20). The molecule has 1 atom stereocenters. The van der Waals surface area contributed by atoms with Gasteiger partial charge in [0.25, 0.3) is 0 Å². The van der Waals surface area contributed by atoms with Crippen LogP contribution in [0.15, 0.2) is 6.33 Å². The second-order valence-electron chi connectivity index (χ2n) is 6.46. The van der Waals surface area contributed by atoms with Gasteiger partial charge in [-0.3, -0.25) is 0 Å². The Morgan fingerprint density at radius 1 is 1.10 bits per heavy atom. The summed E-state index contributed by atoms with van der Waals surface area (Å²) in [5, 5.41) is 6.97. The SMILES string of the molecule is CCCNc1ncnc(NC(C)C(C)(C)C)c1CCC. The number of hydrogen-bond acceptors (Lipinski definition) is 4. The molecular weight excluding hydrogens is 248 g/mol. The average molecular weight is 278 g/mol. The summed E-state index contributed by atoms with van der Waals surface area (Å²) in [4.78, 5) is 8.86. The molecular formula is C16H30N4. The summed E-state index contributed by atoms with van der Waals surface area (Å²) in [6.07, 6.45) is 4.82. The first-order chi connectivity index (χ1) is 9.40. The molecule has 0 bridgehead atoms. The topological polar surface area (TPSA) is 49.8 Å². The minimum absolute atomic E-state index is 0.200. The van der Waals surface area contributed by atoms with Crippen LogP contribution in [-0.2, 0) is 6.42 Å². The second-order valence-corrected chi connectivity index (χ2v) is 6.46. The van der Waals surface area contributed by atoms with Gasteiger partial charge in [-0.2, -0.15) is 0 Å². The van der Waals surface area contributed by atoms with Crippen molar-refractivity contribution in [3.05, 3.63) is 11.9 Å². The van der Waals surface area contributed by atoms with Gasteiger partial charge in [-0.05, 0) is 25.2 Å². The molecule has 0 fully saturated rings. The van der Waals surface area contributed by atoms with Crippen molar-refractivity contribution in [1.29, 1.82) is 0 Å². The molecule has 0 radical (unpaired) electrons. The van der Waals surface area contributed by atoms with Gasteiger partial charge in [0.05, 0.1) is 0 Å². The van der Waals surface area contributed by atoms with E-state index in [0.29, 0.717) is 6.04 Å². The first kappa shape index (κ1) is 16.7. The predicted molar refractivity (Wildman–Crippen MR) is 87.3 cm³/mol. The van der Waals surface area contributed by atoms with Gasteiger partial charge in [0.1, 0.15) is 18.0 Å².